The zero-order valence-corrected chi connectivity index (χ0v) is 19.0. The molecule has 1 aliphatic rings. The number of carbonyl (C=O) groups is 3. The quantitative estimate of drug-likeness (QED) is 0.275. The van der Waals surface area contributed by atoms with Crippen molar-refractivity contribution in [1.82, 2.24) is 0 Å². The maximum Gasteiger partial charge on any atom is 0.177 e. The van der Waals surface area contributed by atoms with Crippen molar-refractivity contribution in [2.75, 3.05) is 0 Å². The van der Waals surface area contributed by atoms with Crippen LogP contribution in [0.15, 0.2) is 71.0 Å². The Balaban J connectivity index is 2.37. The maximum absolute atomic E-state index is 13.4. The zero-order valence-electron chi connectivity index (χ0n) is 17.4. The molecule has 4 nitrogen and oxygen atoms in total. The number of Topliss-reactive ketones (excluding diaryl/α,β-unsaturated/α-hetero) is 1. The number of aliphatic hydroxyl groups excluding tert-OH is 1. The van der Waals surface area contributed by atoms with Crippen LogP contribution in [-0.4, -0.2) is 22.5 Å². The van der Waals surface area contributed by atoms with Gasteiger partial charge in [0.25, 0.3) is 0 Å². The summed E-state index contributed by atoms with van der Waals surface area (Å²) >= 11 is 3.35. The van der Waals surface area contributed by atoms with Crippen LogP contribution in [0.1, 0.15) is 45.1 Å². The normalized spacial score (nSPS) is 18.4. The van der Waals surface area contributed by atoms with Gasteiger partial charge in [-0.2, -0.15) is 0 Å². The van der Waals surface area contributed by atoms with Crippen LogP contribution in [0.4, 0.5) is 0 Å². The first kappa shape index (κ1) is 23.7. The smallest absolute Gasteiger partial charge is 0.177 e. The summed E-state index contributed by atoms with van der Waals surface area (Å²) in [6, 6.07) is 7.30. The molecule has 0 amide bonds. The number of allylic oxidation sites excluding steroid dienone is 5. The highest BCUT2D eigenvalue weighted by atomic mass is 79.9. The number of halogens is 1. The minimum atomic E-state index is -1.44. The third-order valence-electron chi connectivity index (χ3n) is 5.34. The van der Waals surface area contributed by atoms with Gasteiger partial charge in [0.15, 0.2) is 17.3 Å². The molecule has 1 unspecified atom stereocenters. The molecular formula is C25H27BrO4. The molecule has 0 aliphatic heterocycles. The molecule has 0 spiro atoms. The van der Waals surface area contributed by atoms with Crippen LogP contribution < -0.4 is 0 Å². The molecule has 1 aromatic carbocycles. The molecular weight excluding hydrogens is 444 g/mol. The highest BCUT2D eigenvalue weighted by molar-refractivity contribution is 9.10. The van der Waals surface area contributed by atoms with Crippen molar-refractivity contribution in [3.05, 3.63) is 76.5 Å². The van der Waals surface area contributed by atoms with Crippen LogP contribution in [0.3, 0.4) is 0 Å². The van der Waals surface area contributed by atoms with Crippen molar-refractivity contribution in [2.24, 2.45) is 11.3 Å². The third kappa shape index (κ3) is 5.54. The molecule has 0 saturated heterocycles. The Kier molecular flexibility index (Phi) is 7.90. The van der Waals surface area contributed by atoms with Crippen molar-refractivity contribution >= 4 is 39.4 Å². The van der Waals surface area contributed by atoms with Gasteiger partial charge in [0.2, 0.25) is 0 Å². The van der Waals surface area contributed by atoms with Crippen molar-refractivity contribution in [1.29, 1.82) is 0 Å². The largest absolute Gasteiger partial charge is 0.511 e. The van der Waals surface area contributed by atoms with Gasteiger partial charge < -0.3 is 5.11 Å². The first-order valence-electron chi connectivity index (χ1n) is 9.82. The molecule has 158 valence electrons. The van der Waals surface area contributed by atoms with Crippen molar-refractivity contribution in [2.45, 2.75) is 39.5 Å². The molecule has 0 radical (unpaired) electrons. The molecule has 1 aromatic rings. The van der Waals surface area contributed by atoms with Crippen LogP contribution in [0.5, 0.6) is 0 Å². The predicted octanol–water partition coefficient (Wildman–Crippen LogP) is 5.94. The molecule has 0 saturated carbocycles. The Hall–Kier alpha value is -2.53. The van der Waals surface area contributed by atoms with Crippen LogP contribution in [0, 0.1) is 11.3 Å². The van der Waals surface area contributed by atoms with E-state index in [1.807, 2.05) is 38.1 Å². The first-order valence-corrected chi connectivity index (χ1v) is 10.6. The Morgan fingerprint density at radius 1 is 1.10 bits per heavy atom. The Labute approximate surface area is 186 Å². The highest BCUT2D eigenvalue weighted by Gasteiger charge is 2.51. The lowest BCUT2D eigenvalue weighted by Crippen LogP contribution is -2.47. The molecule has 2 rings (SSSR count). The summed E-state index contributed by atoms with van der Waals surface area (Å²) in [5.41, 5.74) is 1.22. The molecule has 0 fully saturated rings. The Bertz CT molecular complexity index is 916. The van der Waals surface area contributed by atoms with Gasteiger partial charge in [-0.1, -0.05) is 45.3 Å². The molecule has 30 heavy (non-hydrogen) atoms. The van der Waals surface area contributed by atoms with Crippen LogP contribution in [0.25, 0.3) is 6.08 Å². The molecule has 0 heterocycles. The lowest BCUT2D eigenvalue weighted by atomic mass is 9.64. The van der Waals surface area contributed by atoms with Gasteiger partial charge in [0.1, 0.15) is 11.7 Å². The molecule has 1 N–H and O–H groups in total. The number of rotatable bonds is 9. The summed E-state index contributed by atoms with van der Waals surface area (Å²) in [6.45, 7) is 11.4. The van der Waals surface area contributed by atoms with E-state index in [1.165, 1.54) is 6.08 Å². The number of benzene rings is 1. The molecule has 0 aromatic heterocycles. The summed E-state index contributed by atoms with van der Waals surface area (Å²) in [6.07, 6.45) is 5.50. The van der Waals surface area contributed by atoms with Crippen LogP contribution in [0.2, 0.25) is 0 Å². The number of aliphatic hydroxyl groups is 1. The van der Waals surface area contributed by atoms with Crippen molar-refractivity contribution < 1.29 is 19.5 Å². The summed E-state index contributed by atoms with van der Waals surface area (Å²) in [4.78, 5) is 38.8. The second kappa shape index (κ2) is 9.98. The van der Waals surface area contributed by atoms with E-state index in [9.17, 15) is 19.5 Å². The number of ketones is 3. The minimum absolute atomic E-state index is 0.263. The lowest BCUT2D eigenvalue weighted by molar-refractivity contribution is -0.143. The van der Waals surface area contributed by atoms with Crippen molar-refractivity contribution in [3.8, 4) is 0 Å². The summed E-state index contributed by atoms with van der Waals surface area (Å²) < 4.78 is 0.907. The Morgan fingerprint density at radius 2 is 1.63 bits per heavy atom. The summed E-state index contributed by atoms with van der Waals surface area (Å²) in [5, 5.41) is 10.6. The molecule has 1 aliphatic carbocycles. The van der Waals surface area contributed by atoms with E-state index < -0.39 is 28.7 Å². The monoisotopic (exact) mass is 470 g/mol. The van der Waals surface area contributed by atoms with E-state index in [0.29, 0.717) is 25.7 Å². The second-order valence-electron chi connectivity index (χ2n) is 8.01. The lowest BCUT2D eigenvalue weighted by Gasteiger charge is -2.37. The average Bonchev–Trinajstić information content (AvgIpc) is 2.66. The highest BCUT2D eigenvalue weighted by Crippen LogP contribution is 2.44. The number of hydrogen-bond donors (Lipinski definition) is 1. The zero-order chi connectivity index (χ0) is 22.5. The van der Waals surface area contributed by atoms with Gasteiger partial charge in [0.05, 0.1) is 5.41 Å². The first-order chi connectivity index (χ1) is 14.1. The van der Waals surface area contributed by atoms with E-state index in [0.717, 1.165) is 27.3 Å². The minimum Gasteiger partial charge on any atom is -0.511 e. The van der Waals surface area contributed by atoms with E-state index >= 15 is 0 Å². The van der Waals surface area contributed by atoms with E-state index in [1.54, 1.807) is 6.08 Å². The number of hydrogen-bond acceptors (Lipinski definition) is 4. The van der Waals surface area contributed by atoms with Crippen LogP contribution >= 0.6 is 15.9 Å². The average molecular weight is 471 g/mol. The Morgan fingerprint density at radius 3 is 2.13 bits per heavy atom. The number of carbonyl (C=O) groups excluding carboxylic acids is 3. The third-order valence-corrected chi connectivity index (χ3v) is 5.87. The van der Waals surface area contributed by atoms with Crippen molar-refractivity contribution in [3.63, 3.8) is 0 Å². The molecule has 0 bridgehead atoms. The fourth-order valence-electron chi connectivity index (χ4n) is 3.49. The van der Waals surface area contributed by atoms with Gasteiger partial charge in [-0.3, -0.25) is 14.4 Å². The fraction of sp³-hybridized carbons (Fsp3) is 0.320. The van der Waals surface area contributed by atoms with Gasteiger partial charge in [-0.15, -0.1) is 13.2 Å². The summed E-state index contributed by atoms with van der Waals surface area (Å²) in [5.74, 6) is -3.50. The van der Waals surface area contributed by atoms with E-state index in [4.69, 9.17) is 0 Å². The maximum atomic E-state index is 13.4. The molecule has 1 atom stereocenters. The van der Waals surface area contributed by atoms with E-state index in [-0.39, 0.29) is 5.76 Å². The van der Waals surface area contributed by atoms with Gasteiger partial charge in [-0.25, -0.2) is 0 Å². The van der Waals surface area contributed by atoms with Gasteiger partial charge >= 0.3 is 0 Å². The fourth-order valence-corrected chi connectivity index (χ4v) is 3.75. The van der Waals surface area contributed by atoms with Gasteiger partial charge in [0, 0.05) is 10.5 Å². The summed E-state index contributed by atoms with van der Waals surface area (Å²) in [7, 11) is 0. The topological polar surface area (TPSA) is 71.4 Å². The molecule has 5 heteroatoms. The second-order valence-corrected chi connectivity index (χ2v) is 8.93. The van der Waals surface area contributed by atoms with E-state index in [2.05, 4.69) is 29.1 Å². The SMILES string of the molecule is C=C(C)CCC1(CCC(=C)C)C(=O)C(C(=O)C=Cc2ccc(Br)cc2)C(=O)C=C1O. The van der Waals surface area contributed by atoms with Crippen LogP contribution in [-0.2, 0) is 14.4 Å². The predicted molar refractivity (Wildman–Crippen MR) is 123 cm³/mol. The van der Waals surface area contributed by atoms with Gasteiger partial charge in [-0.05, 0) is 63.3 Å². The standard InChI is InChI=1S/C25H27BrO4/c1-16(2)11-13-25(14-12-17(3)4)22(29)15-21(28)23(24(25)30)20(27)10-7-18-5-8-19(26)9-6-18/h5-10,15,23,29H,1,3,11-14H2,2,4H3.